The van der Waals surface area contributed by atoms with Crippen molar-refractivity contribution in [2.24, 2.45) is 0 Å². The van der Waals surface area contributed by atoms with E-state index < -0.39 is 23.9 Å². The van der Waals surface area contributed by atoms with Crippen LogP contribution in [0.25, 0.3) is 0 Å². The molecule has 90 valence electrons. The third kappa shape index (κ3) is 3.63. The third-order valence-electron chi connectivity index (χ3n) is 1.61. The molecule has 0 aromatic heterocycles. The highest BCUT2D eigenvalue weighted by atomic mass is 19.4. The first-order valence-corrected chi connectivity index (χ1v) is 4.02. The molecule has 1 aromatic carbocycles. The number of aryl methyl sites for hydroxylation is 1. The van der Waals surface area contributed by atoms with Gasteiger partial charge in [-0.3, -0.25) is 0 Å². The fourth-order valence-corrected chi connectivity index (χ4v) is 1.10. The maximum Gasteiger partial charge on any atom is 0.573 e. The van der Waals surface area contributed by atoms with Crippen molar-refractivity contribution in [3.8, 4) is 5.75 Å². The van der Waals surface area contributed by atoms with Gasteiger partial charge < -0.3 is 4.74 Å². The second-order valence-electron chi connectivity index (χ2n) is 3.08. The lowest BCUT2D eigenvalue weighted by atomic mass is 10.1. The van der Waals surface area contributed by atoms with E-state index in [0.717, 1.165) is 12.1 Å². The van der Waals surface area contributed by atoms with Crippen LogP contribution in [-0.4, -0.2) is 6.36 Å². The molecule has 0 atom stereocenters. The van der Waals surface area contributed by atoms with Crippen LogP contribution >= 0.6 is 0 Å². The molecule has 0 saturated carbocycles. The second-order valence-corrected chi connectivity index (χ2v) is 3.08. The zero-order chi connectivity index (χ0) is 12.6. The first-order valence-electron chi connectivity index (χ1n) is 4.02. The molecule has 0 aliphatic carbocycles. The third-order valence-corrected chi connectivity index (χ3v) is 1.61. The van der Waals surface area contributed by atoms with Crippen LogP contribution in [0.15, 0.2) is 18.2 Å². The van der Waals surface area contributed by atoms with Crippen LogP contribution in [0.3, 0.4) is 0 Å². The number of hydrogen-bond donors (Lipinski definition) is 0. The molecular weight excluding hydrogens is 238 g/mol. The Morgan fingerprint density at radius 3 is 1.94 bits per heavy atom. The number of hydrogen-bond acceptors (Lipinski definition) is 1. The van der Waals surface area contributed by atoms with Crippen molar-refractivity contribution in [1.82, 2.24) is 0 Å². The molecule has 0 N–H and O–H groups in total. The summed E-state index contributed by atoms with van der Waals surface area (Å²) in [6.07, 6.45) is -9.70. The normalized spacial score (nSPS) is 12.7. The average Bonchev–Trinajstić information content (AvgIpc) is 1.97. The number of halogens is 6. The Labute approximate surface area is 86.6 Å². The molecule has 0 bridgehead atoms. The summed E-state index contributed by atoms with van der Waals surface area (Å²) in [5.41, 5.74) is -1.14. The summed E-state index contributed by atoms with van der Waals surface area (Å²) in [6.45, 7) is 1.25. The van der Waals surface area contributed by atoms with E-state index in [9.17, 15) is 26.3 Å². The van der Waals surface area contributed by atoms with Gasteiger partial charge in [-0.1, -0.05) is 0 Å². The van der Waals surface area contributed by atoms with E-state index in [4.69, 9.17) is 0 Å². The molecule has 0 unspecified atom stereocenters. The van der Waals surface area contributed by atoms with E-state index >= 15 is 0 Å². The highest BCUT2D eigenvalue weighted by Crippen LogP contribution is 2.34. The molecule has 0 spiro atoms. The minimum atomic E-state index is -5.00. The van der Waals surface area contributed by atoms with Gasteiger partial charge in [-0.05, 0) is 30.7 Å². The van der Waals surface area contributed by atoms with Crippen LogP contribution in [0.1, 0.15) is 11.1 Å². The minimum absolute atomic E-state index is 0.0362. The predicted octanol–water partition coefficient (Wildman–Crippen LogP) is 3.91. The fraction of sp³-hybridized carbons (Fsp3) is 0.333. The molecule has 0 aliphatic rings. The molecule has 7 heteroatoms. The highest BCUT2D eigenvalue weighted by molar-refractivity contribution is 5.35. The van der Waals surface area contributed by atoms with Gasteiger partial charge >= 0.3 is 12.5 Å². The maximum absolute atomic E-state index is 12.2. The monoisotopic (exact) mass is 244 g/mol. The largest absolute Gasteiger partial charge is 0.573 e. The maximum atomic E-state index is 12.2. The smallest absolute Gasteiger partial charge is 0.406 e. The zero-order valence-electron chi connectivity index (χ0n) is 7.91. The Hall–Kier alpha value is -1.40. The molecule has 16 heavy (non-hydrogen) atoms. The molecule has 1 aromatic rings. The quantitative estimate of drug-likeness (QED) is 0.680. The lowest BCUT2D eigenvalue weighted by molar-refractivity contribution is -0.274. The first-order chi connectivity index (χ1) is 7.08. The van der Waals surface area contributed by atoms with Gasteiger partial charge in [0.2, 0.25) is 0 Å². The average molecular weight is 244 g/mol. The van der Waals surface area contributed by atoms with Crippen molar-refractivity contribution in [2.45, 2.75) is 19.5 Å². The molecule has 0 amide bonds. The molecule has 0 saturated heterocycles. The van der Waals surface area contributed by atoms with Crippen LogP contribution in [0.5, 0.6) is 5.75 Å². The first kappa shape index (κ1) is 12.7. The summed E-state index contributed by atoms with van der Waals surface area (Å²) in [4.78, 5) is 0. The van der Waals surface area contributed by atoms with Gasteiger partial charge in [-0.2, -0.15) is 13.2 Å². The van der Waals surface area contributed by atoms with Gasteiger partial charge in [-0.25, -0.2) is 0 Å². The molecule has 0 heterocycles. The summed E-state index contributed by atoms with van der Waals surface area (Å²) in [7, 11) is 0. The summed E-state index contributed by atoms with van der Waals surface area (Å²) >= 11 is 0. The summed E-state index contributed by atoms with van der Waals surface area (Å²) in [6, 6.07) is 1.92. The van der Waals surface area contributed by atoms with Crippen molar-refractivity contribution in [1.29, 1.82) is 0 Å². The summed E-state index contributed by atoms with van der Waals surface area (Å²) in [5, 5.41) is 0. The van der Waals surface area contributed by atoms with Crippen molar-refractivity contribution in [3.05, 3.63) is 29.3 Å². The second kappa shape index (κ2) is 3.88. The fourth-order valence-electron chi connectivity index (χ4n) is 1.10. The standard InChI is InChI=1S/C9H6F6O/c1-5-2-6(8(10,11)12)4-7(3-5)16-9(13,14)15/h2-4H,1H3. The van der Waals surface area contributed by atoms with Gasteiger partial charge in [-0.15, -0.1) is 13.2 Å². The lowest BCUT2D eigenvalue weighted by Gasteiger charge is -2.12. The molecule has 0 fully saturated rings. The van der Waals surface area contributed by atoms with E-state index in [1.54, 1.807) is 0 Å². The lowest BCUT2D eigenvalue weighted by Crippen LogP contribution is -2.17. The summed E-state index contributed by atoms with van der Waals surface area (Å²) < 4.78 is 75.5. The topological polar surface area (TPSA) is 9.23 Å². The highest BCUT2D eigenvalue weighted by Gasteiger charge is 2.34. The summed E-state index contributed by atoms with van der Waals surface area (Å²) in [5.74, 6) is -0.875. The predicted molar refractivity (Wildman–Crippen MR) is 42.9 cm³/mol. The van der Waals surface area contributed by atoms with Crippen molar-refractivity contribution >= 4 is 0 Å². The number of benzene rings is 1. The van der Waals surface area contributed by atoms with Crippen LogP contribution < -0.4 is 4.74 Å². The van der Waals surface area contributed by atoms with Crippen molar-refractivity contribution < 1.29 is 31.1 Å². The van der Waals surface area contributed by atoms with Crippen LogP contribution in [0.2, 0.25) is 0 Å². The van der Waals surface area contributed by atoms with E-state index in [1.165, 1.54) is 6.92 Å². The van der Waals surface area contributed by atoms with Crippen LogP contribution in [0.4, 0.5) is 26.3 Å². The van der Waals surface area contributed by atoms with Crippen molar-refractivity contribution in [3.63, 3.8) is 0 Å². The Kier molecular flexibility index (Phi) is 3.07. The number of alkyl halides is 6. The van der Waals surface area contributed by atoms with Crippen LogP contribution in [-0.2, 0) is 6.18 Å². The Balaban J connectivity index is 3.09. The molecular formula is C9H6F6O. The Morgan fingerprint density at radius 1 is 0.938 bits per heavy atom. The minimum Gasteiger partial charge on any atom is -0.406 e. The molecule has 0 aliphatic heterocycles. The Morgan fingerprint density at radius 2 is 1.50 bits per heavy atom. The van der Waals surface area contributed by atoms with Gasteiger partial charge in [0.1, 0.15) is 5.75 Å². The van der Waals surface area contributed by atoms with E-state index in [2.05, 4.69) is 4.74 Å². The van der Waals surface area contributed by atoms with Gasteiger partial charge in [0.05, 0.1) is 5.56 Å². The van der Waals surface area contributed by atoms with E-state index in [0.29, 0.717) is 6.07 Å². The van der Waals surface area contributed by atoms with E-state index in [1.807, 2.05) is 0 Å². The number of rotatable bonds is 1. The van der Waals surface area contributed by atoms with Gasteiger partial charge in [0, 0.05) is 0 Å². The van der Waals surface area contributed by atoms with Crippen molar-refractivity contribution in [2.75, 3.05) is 0 Å². The number of ether oxygens (including phenoxy) is 1. The molecule has 1 nitrogen and oxygen atoms in total. The van der Waals surface area contributed by atoms with Gasteiger partial charge in [0.25, 0.3) is 0 Å². The molecule has 1 rings (SSSR count). The Bertz CT molecular complexity index is 379. The van der Waals surface area contributed by atoms with Gasteiger partial charge in [0.15, 0.2) is 0 Å². The van der Waals surface area contributed by atoms with E-state index in [-0.39, 0.29) is 5.56 Å². The zero-order valence-corrected chi connectivity index (χ0v) is 7.91. The molecule has 0 radical (unpaired) electrons. The van der Waals surface area contributed by atoms with Crippen LogP contribution in [0, 0.1) is 6.92 Å². The SMILES string of the molecule is Cc1cc(OC(F)(F)F)cc(C(F)(F)F)c1.